The first kappa shape index (κ1) is 19.3. The van der Waals surface area contributed by atoms with Crippen LogP contribution in [0.15, 0.2) is 30.3 Å². The number of benzene rings is 2. The Hall–Kier alpha value is -2.70. The van der Waals surface area contributed by atoms with Gasteiger partial charge in [0.2, 0.25) is 0 Å². The molecule has 5 nitrogen and oxygen atoms in total. The van der Waals surface area contributed by atoms with Crippen LogP contribution in [0.1, 0.15) is 49.2 Å². The lowest BCUT2D eigenvalue weighted by Crippen LogP contribution is -2.26. The van der Waals surface area contributed by atoms with Gasteiger partial charge in [-0.15, -0.1) is 11.3 Å². The van der Waals surface area contributed by atoms with Crippen LogP contribution in [-0.4, -0.2) is 37.0 Å². The van der Waals surface area contributed by atoms with E-state index in [1.54, 1.807) is 6.92 Å². The second kappa shape index (κ2) is 7.52. The number of amides is 1. The van der Waals surface area contributed by atoms with Crippen molar-refractivity contribution in [2.75, 3.05) is 25.5 Å². The SMILES string of the molecule is CCOC(=O)c1c(NC(=O)c2ccc3c4c(cccc24)CC3)sc2c1CCN(C)C2. The molecule has 2 aromatic carbocycles. The van der Waals surface area contributed by atoms with Crippen molar-refractivity contribution in [3.63, 3.8) is 0 Å². The molecule has 5 rings (SSSR count). The van der Waals surface area contributed by atoms with Gasteiger partial charge in [0.1, 0.15) is 5.00 Å². The van der Waals surface area contributed by atoms with Crippen LogP contribution in [0.25, 0.3) is 10.8 Å². The molecule has 0 saturated carbocycles. The molecule has 154 valence electrons. The first-order valence-corrected chi connectivity index (χ1v) is 11.2. The van der Waals surface area contributed by atoms with Gasteiger partial charge in [-0.1, -0.05) is 24.3 Å². The molecule has 1 aliphatic carbocycles. The van der Waals surface area contributed by atoms with Gasteiger partial charge in [-0.05, 0) is 66.8 Å². The largest absolute Gasteiger partial charge is 0.462 e. The van der Waals surface area contributed by atoms with E-state index < -0.39 is 0 Å². The van der Waals surface area contributed by atoms with Crippen molar-refractivity contribution >= 4 is 39.0 Å². The Labute approximate surface area is 179 Å². The average molecular weight is 421 g/mol. The maximum Gasteiger partial charge on any atom is 0.341 e. The zero-order valence-corrected chi connectivity index (χ0v) is 18.0. The van der Waals surface area contributed by atoms with E-state index in [9.17, 15) is 9.59 Å². The van der Waals surface area contributed by atoms with E-state index in [-0.39, 0.29) is 11.9 Å². The molecule has 30 heavy (non-hydrogen) atoms. The number of aryl methyl sites for hydroxylation is 2. The van der Waals surface area contributed by atoms with Gasteiger partial charge < -0.3 is 15.0 Å². The number of hydrogen-bond acceptors (Lipinski definition) is 5. The lowest BCUT2D eigenvalue weighted by molar-refractivity contribution is 0.0526. The third kappa shape index (κ3) is 3.11. The average Bonchev–Trinajstić information content (AvgIpc) is 3.30. The smallest absolute Gasteiger partial charge is 0.341 e. The van der Waals surface area contributed by atoms with Crippen LogP contribution in [0.5, 0.6) is 0 Å². The van der Waals surface area contributed by atoms with Crippen LogP contribution in [0.2, 0.25) is 0 Å². The number of carbonyl (C=O) groups is 2. The number of ether oxygens (including phenoxy) is 1. The van der Waals surface area contributed by atoms with Crippen LogP contribution < -0.4 is 5.32 Å². The summed E-state index contributed by atoms with van der Waals surface area (Å²) in [5.74, 6) is -0.529. The van der Waals surface area contributed by atoms with Gasteiger partial charge in [0, 0.05) is 23.5 Å². The Morgan fingerprint density at radius 2 is 1.93 bits per heavy atom. The molecule has 1 aliphatic heterocycles. The quantitative estimate of drug-likeness (QED) is 0.635. The van der Waals surface area contributed by atoms with E-state index in [2.05, 4.69) is 29.4 Å². The Bertz CT molecular complexity index is 1170. The summed E-state index contributed by atoms with van der Waals surface area (Å²) in [4.78, 5) is 29.4. The number of anilines is 1. The number of likely N-dealkylation sites (N-methyl/N-ethyl adjacent to an activating group) is 1. The summed E-state index contributed by atoms with van der Waals surface area (Å²) < 4.78 is 5.32. The molecule has 3 aromatic rings. The predicted octanol–water partition coefficient (Wildman–Crippen LogP) is 4.42. The Kier molecular flexibility index (Phi) is 4.83. The second-order valence-electron chi connectivity index (χ2n) is 7.98. The summed E-state index contributed by atoms with van der Waals surface area (Å²) in [5.41, 5.74) is 4.81. The number of thiophene rings is 1. The fourth-order valence-corrected chi connectivity index (χ4v) is 5.96. The lowest BCUT2D eigenvalue weighted by atomic mass is 9.99. The van der Waals surface area contributed by atoms with Gasteiger partial charge in [-0.25, -0.2) is 4.79 Å². The van der Waals surface area contributed by atoms with E-state index in [1.165, 1.54) is 27.8 Å². The number of rotatable bonds is 4. The third-order valence-corrected chi connectivity index (χ3v) is 7.21. The number of nitrogens with zero attached hydrogens (tertiary/aromatic N) is 1. The first-order chi connectivity index (χ1) is 14.6. The predicted molar refractivity (Wildman–Crippen MR) is 120 cm³/mol. The lowest BCUT2D eigenvalue weighted by Gasteiger charge is -2.22. The summed E-state index contributed by atoms with van der Waals surface area (Å²) >= 11 is 1.49. The highest BCUT2D eigenvalue weighted by atomic mass is 32.1. The highest BCUT2D eigenvalue weighted by Gasteiger charge is 2.29. The zero-order valence-electron chi connectivity index (χ0n) is 17.2. The summed E-state index contributed by atoms with van der Waals surface area (Å²) in [5, 5.41) is 5.84. The summed E-state index contributed by atoms with van der Waals surface area (Å²) in [7, 11) is 2.07. The molecule has 0 atom stereocenters. The minimum atomic E-state index is -0.352. The molecule has 2 aliphatic rings. The zero-order chi connectivity index (χ0) is 20.8. The highest BCUT2D eigenvalue weighted by molar-refractivity contribution is 7.17. The van der Waals surface area contributed by atoms with Crippen LogP contribution in [0.3, 0.4) is 0 Å². The molecule has 0 saturated heterocycles. The number of nitrogens with one attached hydrogen (secondary N) is 1. The molecule has 0 unspecified atom stereocenters. The first-order valence-electron chi connectivity index (χ1n) is 10.4. The normalized spacial score (nSPS) is 15.3. The summed E-state index contributed by atoms with van der Waals surface area (Å²) in [6.45, 7) is 3.78. The Balaban J connectivity index is 1.54. The van der Waals surface area contributed by atoms with E-state index in [0.29, 0.717) is 22.7 Å². The standard InChI is InChI=1S/C24H24N2O3S/c1-3-29-24(28)21-18-11-12-26(2)13-19(18)30-23(21)25-22(27)17-10-9-15-8-7-14-5-4-6-16(17)20(14)15/h4-6,9-10H,3,7-8,11-13H2,1-2H3,(H,25,27). The molecule has 0 bridgehead atoms. The summed E-state index contributed by atoms with van der Waals surface area (Å²) in [6.07, 6.45) is 2.83. The third-order valence-electron chi connectivity index (χ3n) is 6.08. The van der Waals surface area contributed by atoms with Crippen LogP contribution in [0.4, 0.5) is 5.00 Å². The number of esters is 1. The van der Waals surface area contributed by atoms with Crippen molar-refractivity contribution in [1.29, 1.82) is 0 Å². The maximum atomic E-state index is 13.3. The van der Waals surface area contributed by atoms with E-state index >= 15 is 0 Å². The molecule has 0 fully saturated rings. The molecule has 0 radical (unpaired) electrons. The van der Waals surface area contributed by atoms with E-state index in [1.807, 2.05) is 18.2 Å². The van der Waals surface area contributed by atoms with Crippen molar-refractivity contribution in [3.05, 3.63) is 63.0 Å². The molecule has 1 amide bonds. The summed E-state index contributed by atoms with van der Waals surface area (Å²) in [6, 6.07) is 10.2. The van der Waals surface area contributed by atoms with Gasteiger partial charge >= 0.3 is 5.97 Å². The minimum Gasteiger partial charge on any atom is -0.462 e. The molecule has 1 aromatic heterocycles. The molecular formula is C24H24N2O3S. The number of carbonyl (C=O) groups excluding carboxylic acids is 2. The fourth-order valence-electron chi connectivity index (χ4n) is 4.65. The molecule has 2 heterocycles. The molecular weight excluding hydrogens is 396 g/mol. The van der Waals surface area contributed by atoms with E-state index in [4.69, 9.17) is 4.74 Å². The van der Waals surface area contributed by atoms with Gasteiger partial charge in [-0.3, -0.25) is 4.79 Å². The van der Waals surface area contributed by atoms with Gasteiger partial charge in [0.25, 0.3) is 5.91 Å². The van der Waals surface area contributed by atoms with Crippen molar-refractivity contribution in [2.45, 2.75) is 32.7 Å². The maximum absolute atomic E-state index is 13.3. The van der Waals surface area contributed by atoms with E-state index in [0.717, 1.165) is 48.2 Å². The Morgan fingerprint density at radius 3 is 2.73 bits per heavy atom. The van der Waals surface area contributed by atoms with Crippen LogP contribution >= 0.6 is 11.3 Å². The number of fused-ring (bicyclic) bond motifs is 1. The fraction of sp³-hybridized carbons (Fsp3) is 0.333. The molecule has 1 N–H and O–H groups in total. The van der Waals surface area contributed by atoms with Crippen molar-refractivity contribution < 1.29 is 14.3 Å². The monoisotopic (exact) mass is 420 g/mol. The van der Waals surface area contributed by atoms with Crippen molar-refractivity contribution in [2.24, 2.45) is 0 Å². The minimum absolute atomic E-state index is 0.178. The van der Waals surface area contributed by atoms with Crippen molar-refractivity contribution in [1.82, 2.24) is 4.90 Å². The van der Waals surface area contributed by atoms with Crippen molar-refractivity contribution in [3.8, 4) is 0 Å². The number of hydrogen-bond donors (Lipinski definition) is 1. The van der Waals surface area contributed by atoms with Gasteiger partial charge in [-0.2, -0.15) is 0 Å². The van der Waals surface area contributed by atoms with Crippen LogP contribution in [-0.2, 0) is 30.5 Å². The molecule has 0 spiro atoms. The topological polar surface area (TPSA) is 58.6 Å². The second-order valence-corrected chi connectivity index (χ2v) is 9.09. The highest BCUT2D eigenvalue weighted by Crippen LogP contribution is 2.38. The Morgan fingerprint density at radius 1 is 1.13 bits per heavy atom. The van der Waals surface area contributed by atoms with Gasteiger partial charge in [0.15, 0.2) is 0 Å². The van der Waals surface area contributed by atoms with Crippen LogP contribution in [0, 0.1) is 0 Å². The molecule has 6 heteroatoms. The van der Waals surface area contributed by atoms with Gasteiger partial charge in [0.05, 0.1) is 12.2 Å².